The number of halogens is 6. The molecule has 3 nitrogen and oxygen atoms in total. The third-order valence-corrected chi connectivity index (χ3v) is 5.33. The summed E-state index contributed by atoms with van der Waals surface area (Å²) in [5.74, 6) is -0.300. The van der Waals surface area contributed by atoms with E-state index in [1.807, 2.05) is 0 Å². The molecule has 0 bridgehead atoms. The summed E-state index contributed by atoms with van der Waals surface area (Å²) >= 11 is 3.18. The second-order valence-corrected chi connectivity index (χ2v) is 7.23. The van der Waals surface area contributed by atoms with Gasteiger partial charge in [-0.3, -0.25) is 4.90 Å². The van der Waals surface area contributed by atoms with Crippen molar-refractivity contribution in [2.45, 2.75) is 31.5 Å². The summed E-state index contributed by atoms with van der Waals surface area (Å²) in [5.41, 5.74) is -0.556. The van der Waals surface area contributed by atoms with Crippen molar-refractivity contribution in [3.05, 3.63) is 27.7 Å². The lowest BCUT2D eigenvalue weighted by Gasteiger charge is -2.43. The highest BCUT2D eigenvalue weighted by molar-refractivity contribution is 9.10. The maximum absolute atomic E-state index is 13.2. The Bertz CT molecular complexity index is 579. The molecule has 1 saturated heterocycles. The number of hydrogen-bond donors (Lipinski definition) is 2. The molecular weight excluding hydrogens is 444 g/mol. The second-order valence-electron chi connectivity index (χ2n) is 6.31. The van der Waals surface area contributed by atoms with Gasteiger partial charge in [-0.25, -0.2) is 0 Å². The standard InChI is InChI=1S/C16H20BrF3N2O.2ClH/c17-11-8-12(15(23)13(9-11)16(18,19)20)14(10-2-1-3-10)22-6-4-21-5-7-22;;/h8-10,14,21,23H,1-7H2;2*1H/t14-;;/m0../s1. The molecule has 0 radical (unpaired) electrons. The zero-order valence-corrected chi connectivity index (χ0v) is 16.7. The monoisotopic (exact) mass is 464 g/mol. The van der Waals surface area contributed by atoms with E-state index in [1.165, 1.54) is 0 Å². The number of hydrogen-bond acceptors (Lipinski definition) is 3. The minimum atomic E-state index is -4.56. The molecule has 1 aliphatic carbocycles. The van der Waals surface area contributed by atoms with Crippen LogP contribution in [0.15, 0.2) is 16.6 Å². The van der Waals surface area contributed by atoms with E-state index < -0.39 is 17.5 Å². The van der Waals surface area contributed by atoms with Crippen LogP contribution in [0.25, 0.3) is 0 Å². The van der Waals surface area contributed by atoms with Crippen molar-refractivity contribution in [2.24, 2.45) is 5.92 Å². The van der Waals surface area contributed by atoms with Crippen LogP contribution in [0.3, 0.4) is 0 Å². The maximum atomic E-state index is 13.2. The first-order valence-corrected chi connectivity index (χ1v) is 8.71. The highest BCUT2D eigenvalue weighted by Gasteiger charge is 2.40. The number of benzene rings is 1. The van der Waals surface area contributed by atoms with Crippen LogP contribution < -0.4 is 5.32 Å². The lowest BCUT2D eigenvalue weighted by atomic mass is 9.75. The van der Waals surface area contributed by atoms with Crippen LogP contribution in [0.1, 0.15) is 36.4 Å². The first kappa shape index (κ1) is 22.8. The second kappa shape index (κ2) is 9.13. The van der Waals surface area contributed by atoms with Gasteiger partial charge in [-0.1, -0.05) is 22.4 Å². The first-order valence-electron chi connectivity index (χ1n) is 7.92. The van der Waals surface area contributed by atoms with Gasteiger partial charge in [-0.2, -0.15) is 13.2 Å². The zero-order chi connectivity index (χ0) is 16.6. The molecule has 2 aliphatic rings. The van der Waals surface area contributed by atoms with Gasteiger partial charge >= 0.3 is 6.18 Å². The van der Waals surface area contributed by atoms with Crippen LogP contribution in [0.5, 0.6) is 5.75 Å². The van der Waals surface area contributed by atoms with E-state index in [2.05, 4.69) is 26.1 Å². The van der Waals surface area contributed by atoms with E-state index in [0.29, 0.717) is 16.0 Å². The van der Waals surface area contributed by atoms with Crippen LogP contribution >= 0.6 is 40.7 Å². The van der Waals surface area contributed by atoms with Gasteiger partial charge < -0.3 is 10.4 Å². The Morgan fingerprint density at radius 1 is 1.16 bits per heavy atom. The molecule has 25 heavy (non-hydrogen) atoms. The smallest absolute Gasteiger partial charge is 0.420 e. The number of nitrogens with zero attached hydrogens (tertiary/aromatic N) is 1. The van der Waals surface area contributed by atoms with Crippen molar-refractivity contribution in [2.75, 3.05) is 26.2 Å². The minimum Gasteiger partial charge on any atom is -0.507 e. The van der Waals surface area contributed by atoms with E-state index in [0.717, 1.165) is 51.5 Å². The van der Waals surface area contributed by atoms with Gasteiger partial charge in [-0.15, -0.1) is 24.8 Å². The molecule has 1 aliphatic heterocycles. The van der Waals surface area contributed by atoms with Crippen molar-refractivity contribution >= 4 is 40.7 Å². The number of phenolic OH excluding ortho intramolecular Hbond substituents is 1. The SMILES string of the molecule is Cl.Cl.Oc1c([C@H](C2CCC2)N2CCNCC2)cc(Br)cc1C(F)(F)F. The molecule has 1 aromatic rings. The summed E-state index contributed by atoms with van der Waals surface area (Å²) in [4.78, 5) is 2.21. The summed E-state index contributed by atoms with van der Waals surface area (Å²) in [5, 5.41) is 13.6. The van der Waals surface area contributed by atoms with Crippen molar-refractivity contribution in [3.63, 3.8) is 0 Å². The van der Waals surface area contributed by atoms with E-state index in [9.17, 15) is 18.3 Å². The molecule has 1 aromatic carbocycles. The Morgan fingerprint density at radius 2 is 1.76 bits per heavy atom. The average Bonchev–Trinajstić information content (AvgIpc) is 2.45. The molecule has 9 heteroatoms. The molecular formula is C16H22BrCl2F3N2O. The molecule has 3 rings (SSSR count). The molecule has 2 fully saturated rings. The molecule has 2 N–H and O–H groups in total. The van der Waals surface area contributed by atoms with Gasteiger partial charge in [0.05, 0.1) is 5.56 Å². The maximum Gasteiger partial charge on any atom is 0.420 e. The van der Waals surface area contributed by atoms with Crippen LogP contribution in [0.2, 0.25) is 0 Å². The quantitative estimate of drug-likeness (QED) is 0.675. The van der Waals surface area contributed by atoms with Crippen LogP contribution in [-0.2, 0) is 6.18 Å². The predicted octanol–water partition coefficient (Wildman–Crippen LogP) is 4.76. The Kier molecular flexibility index (Phi) is 8.34. The molecule has 0 spiro atoms. The summed E-state index contributed by atoms with van der Waals surface area (Å²) < 4.78 is 40.0. The highest BCUT2D eigenvalue weighted by Crippen LogP contribution is 2.48. The van der Waals surface area contributed by atoms with Gasteiger partial charge in [0.25, 0.3) is 0 Å². The lowest BCUT2D eigenvalue weighted by Crippen LogP contribution is -2.47. The third kappa shape index (κ3) is 4.95. The van der Waals surface area contributed by atoms with Crippen LogP contribution in [0, 0.1) is 5.92 Å². The van der Waals surface area contributed by atoms with E-state index in [4.69, 9.17) is 0 Å². The van der Waals surface area contributed by atoms with Crippen molar-refractivity contribution < 1.29 is 18.3 Å². The normalized spacial score (nSPS) is 20.2. The summed E-state index contributed by atoms with van der Waals surface area (Å²) in [7, 11) is 0. The van der Waals surface area contributed by atoms with Gasteiger partial charge in [0.15, 0.2) is 0 Å². The predicted molar refractivity (Wildman–Crippen MR) is 99.8 cm³/mol. The molecule has 0 aromatic heterocycles. The van der Waals surface area contributed by atoms with Gasteiger partial charge in [0.1, 0.15) is 5.75 Å². The fraction of sp³-hybridized carbons (Fsp3) is 0.625. The zero-order valence-electron chi connectivity index (χ0n) is 13.5. The lowest BCUT2D eigenvalue weighted by molar-refractivity contribution is -0.139. The molecule has 1 saturated carbocycles. The molecule has 144 valence electrons. The number of alkyl halides is 3. The largest absolute Gasteiger partial charge is 0.507 e. The van der Waals surface area contributed by atoms with Crippen molar-refractivity contribution in [3.8, 4) is 5.75 Å². The Hall–Kier alpha value is -0.210. The Morgan fingerprint density at radius 3 is 2.24 bits per heavy atom. The first-order chi connectivity index (χ1) is 10.9. The van der Waals surface area contributed by atoms with Crippen molar-refractivity contribution in [1.82, 2.24) is 10.2 Å². The fourth-order valence-corrected chi connectivity index (χ4v) is 4.00. The molecule has 0 amide bonds. The number of rotatable bonds is 3. The molecule has 0 unspecified atom stereocenters. The Balaban J connectivity index is 0.00000156. The van der Waals surface area contributed by atoms with E-state index in [1.54, 1.807) is 6.07 Å². The fourth-order valence-electron chi connectivity index (χ4n) is 3.53. The number of nitrogens with one attached hydrogen (secondary N) is 1. The summed E-state index contributed by atoms with van der Waals surface area (Å²) in [6, 6.07) is 2.45. The van der Waals surface area contributed by atoms with Crippen LogP contribution in [0.4, 0.5) is 13.2 Å². The van der Waals surface area contributed by atoms with E-state index in [-0.39, 0.29) is 30.9 Å². The Labute approximate surface area is 166 Å². The number of phenols is 1. The summed E-state index contributed by atoms with van der Waals surface area (Å²) in [6.45, 7) is 3.22. The van der Waals surface area contributed by atoms with Gasteiger partial charge in [-0.05, 0) is 30.9 Å². The molecule has 1 atom stereocenters. The summed E-state index contributed by atoms with van der Waals surface area (Å²) in [6.07, 6.45) is -1.45. The van der Waals surface area contributed by atoms with E-state index >= 15 is 0 Å². The minimum absolute atomic E-state index is 0. The van der Waals surface area contributed by atoms with Crippen LogP contribution in [-0.4, -0.2) is 36.2 Å². The number of aromatic hydroxyl groups is 1. The average molecular weight is 466 g/mol. The van der Waals surface area contributed by atoms with Gasteiger partial charge in [0.2, 0.25) is 0 Å². The molecule has 1 heterocycles. The highest BCUT2D eigenvalue weighted by atomic mass is 79.9. The van der Waals surface area contributed by atoms with Crippen molar-refractivity contribution in [1.29, 1.82) is 0 Å². The topological polar surface area (TPSA) is 35.5 Å². The van der Waals surface area contributed by atoms with Gasteiger partial charge in [0, 0.05) is 42.3 Å². The number of piperazine rings is 1. The third-order valence-electron chi connectivity index (χ3n) is 4.87.